The van der Waals surface area contributed by atoms with Gasteiger partial charge in [0, 0.05) is 7.05 Å². The molecule has 1 heterocycles. The second-order valence-electron chi connectivity index (χ2n) is 2.52. The number of ether oxygens (including phenoxy) is 1. The second kappa shape index (κ2) is 3.93. The van der Waals surface area contributed by atoms with Crippen LogP contribution in [-0.2, 0) is 6.42 Å². The number of amides is 1. The van der Waals surface area contributed by atoms with E-state index in [0.29, 0.717) is 5.76 Å². The number of hydrogen-bond acceptors (Lipinski definition) is 4. The van der Waals surface area contributed by atoms with Crippen molar-refractivity contribution in [1.29, 1.82) is 0 Å². The molecule has 5 heteroatoms. The minimum Gasteiger partial charge on any atom is -0.388 e. The third-order valence-electron chi connectivity index (χ3n) is 1.70. The van der Waals surface area contributed by atoms with Crippen molar-refractivity contribution < 1.29 is 14.1 Å². The van der Waals surface area contributed by atoms with Gasteiger partial charge in [0.25, 0.3) is 5.88 Å². The predicted octanol–water partition coefficient (Wildman–Crippen LogP) is 1.26. The molecule has 0 saturated heterocycles. The highest BCUT2D eigenvalue weighted by Gasteiger charge is 2.14. The van der Waals surface area contributed by atoms with Crippen molar-refractivity contribution in [2.24, 2.45) is 0 Å². The summed E-state index contributed by atoms with van der Waals surface area (Å²) in [6, 6.07) is 0. The highest BCUT2D eigenvalue weighted by molar-refractivity contribution is 5.69. The molecule has 0 aliphatic carbocycles. The summed E-state index contributed by atoms with van der Waals surface area (Å²) in [5, 5.41) is 5.95. The highest BCUT2D eigenvalue weighted by Crippen LogP contribution is 2.20. The van der Waals surface area contributed by atoms with Crippen LogP contribution in [0, 0.1) is 6.92 Å². The molecule has 0 radical (unpaired) electrons. The molecule has 0 saturated carbocycles. The molecular formula is C8H12N2O3. The van der Waals surface area contributed by atoms with E-state index in [0.717, 1.165) is 12.0 Å². The van der Waals surface area contributed by atoms with Crippen LogP contribution in [0.4, 0.5) is 4.79 Å². The molecule has 1 rings (SSSR count). The Hall–Kier alpha value is -1.52. The van der Waals surface area contributed by atoms with Gasteiger partial charge in [0.2, 0.25) is 0 Å². The van der Waals surface area contributed by atoms with Crippen LogP contribution in [0.25, 0.3) is 0 Å². The van der Waals surface area contributed by atoms with Gasteiger partial charge in [-0.25, -0.2) is 4.79 Å². The highest BCUT2D eigenvalue weighted by atomic mass is 16.6. The lowest BCUT2D eigenvalue weighted by atomic mass is 10.2. The van der Waals surface area contributed by atoms with Gasteiger partial charge in [0.05, 0.1) is 5.56 Å². The van der Waals surface area contributed by atoms with Gasteiger partial charge in [-0.1, -0.05) is 6.92 Å². The topological polar surface area (TPSA) is 64.4 Å². The van der Waals surface area contributed by atoms with Crippen LogP contribution in [0.1, 0.15) is 18.2 Å². The number of aryl methyl sites for hydroxylation is 1. The Morgan fingerprint density at radius 2 is 2.38 bits per heavy atom. The molecule has 1 aromatic rings. The molecular weight excluding hydrogens is 172 g/mol. The zero-order valence-electron chi connectivity index (χ0n) is 7.88. The maximum atomic E-state index is 10.8. The van der Waals surface area contributed by atoms with Crippen molar-refractivity contribution in [2.75, 3.05) is 7.05 Å². The Kier molecular flexibility index (Phi) is 2.89. The maximum Gasteiger partial charge on any atom is 0.413 e. The molecule has 0 unspecified atom stereocenters. The Morgan fingerprint density at radius 3 is 2.92 bits per heavy atom. The Bertz CT molecular complexity index is 306. The Labute approximate surface area is 76.0 Å². The van der Waals surface area contributed by atoms with Crippen molar-refractivity contribution in [3.8, 4) is 5.88 Å². The largest absolute Gasteiger partial charge is 0.413 e. The fourth-order valence-corrected chi connectivity index (χ4v) is 0.990. The minimum absolute atomic E-state index is 0.249. The molecule has 0 atom stereocenters. The number of carbonyl (C=O) groups excluding carboxylic acids is 1. The van der Waals surface area contributed by atoms with Crippen molar-refractivity contribution in [3.63, 3.8) is 0 Å². The molecule has 0 spiro atoms. The van der Waals surface area contributed by atoms with Gasteiger partial charge in [-0.05, 0) is 18.5 Å². The van der Waals surface area contributed by atoms with Crippen LogP contribution in [0.5, 0.6) is 5.88 Å². The van der Waals surface area contributed by atoms with Gasteiger partial charge in [0.1, 0.15) is 5.76 Å². The number of hydrogen-bond donors (Lipinski definition) is 1. The summed E-state index contributed by atoms with van der Waals surface area (Å²) in [6.07, 6.45) is 0.185. The van der Waals surface area contributed by atoms with Crippen molar-refractivity contribution in [2.45, 2.75) is 20.3 Å². The molecule has 72 valence electrons. The van der Waals surface area contributed by atoms with Gasteiger partial charge >= 0.3 is 6.09 Å². The number of carbonyl (C=O) groups is 1. The monoisotopic (exact) mass is 184 g/mol. The van der Waals surface area contributed by atoms with E-state index in [-0.39, 0.29) is 5.88 Å². The van der Waals surface area contributed by atoms with E-state index in [9.17, 15) is 4.79 Å². The molecule has 5 nitrogen and oxygen atoms in total. The van der Waals surface area contributed by atoms with Crippen LogP contribution in [0.15, 0.2) is 4.52 Å². The van der Waals surface area contributed by atoms with Gasteiger partial charge in [-0.2, -0.15) is 0 Å². The first-order chi connectivity index (χ1) is 6.19. The fraction of sp³-hybridized carbons (Fsp3) is 0.500. The van der Waals surface area contributed by atoms with E-state index < -0.39 is 6.09 Å². The van der Waals surface area contributed by atoms with Crippen LogP contribution >= 0.6 is 0 Å². The predicted molar refractivity (Wildman–Crippen MR) is 45.7 cm³/mol. The number of nitrogens with zero attached hydrogens (tertiary/aromatic N) is 1. The molecule has 1 aromatic heterocycles. The Balaban J connectivity index is 2.82. The zero-order valence-corrected chi connectivity index (χ0v) is 7.88. The first-order valence-corrected chi connectivity index (χ1v) is 4.03. The summed E-state index contributed by atoms with van der Waals surface area (Å²) in [7, 11) is 1.49. The van der Waals surface area contributed by atoms with E-state index in [1.807, 2.05) is 6.92 Å². The maximum absolute atomic E-state index is 10.8. The van der Waals surface area contributed by atoms with E-state index >= 15 is 0 Å². The summed E-state index contributed by atoms with van der Waals surface area (Å²) >= 11 is 0. The number of rotatable bonds is 2. The van der Waals surface area contributed by atoms with Crippen LogP contribution in [0.3, 0.4) is 0 Å². The van der Waals surface area contributed by atoms with Crippen LogP contribution < -0.4 is 10.1 Å². The van der Waals surface area contributed by atoms with Crippen LogP contribution in [0.2, 0.25) is 0 Å². The molecule has 0 aliphatic rings. The molecule has 0 aromatic carbocycles. The third-order valence-corrected chi connectivity index (χ3v) is 1.70. The number of nitrogens with one attached hydrogen (secondary N) is 1. The van der Waals surface area contributed by atoms with E-state index in [4.69, 9.17) is 9.26 Å². The molecule has 0 aliphatic heterocycles. The lowest BCUT2D eigenvalue weighted by Gasteiger charge is -1.99. The quantitative estimate of drug-likeness (QED) is 0.751. The van der Waals surface area contributed by atoms with Gasteiger partial charge < -0.3 is 14.6 Å². The van der Waals surface area contributed by atoms with E-state index in [2.05, 4.69) is 10.5 Å². The fourth-order valence-electron chi connectivity index (χ4n) is 0.990. The molecule has 1 amide bonds. The minimum atomic E-state index is -0.539. The van der Waals surface area contributed by atoms with E-state index in [1.165, 1.54) is 7.05 Å². The van der Waals surface area contributed by atoms with Crippen molar-refractivity contribution in [3.05, 3.63) is 11.3 Å². The van der Waals surface area contributed by atoms with Crippen molar-refractivity contribution >= 4 is 6.09 Å². The normalized spacial score (nSPS) is 9.77. The summed E-state index contributed by atoms with van der Waals surface area (Å²) < 4.78 is 9.73. The summed E-state index contributed by atoms with van der Waals surface area (Å²) in [5.41, 5.74) is 0.823. The lowest BCUT2D eigenvalue weighted by molar-refractivity contribution is 0.197. The molecule has 0 bridgehead atoms. The first kappa shape index (κ1) is 9.57. The third kappa shape index (κ3) is 1.99. The van der Waals surface area contributed by atoms with Gasteiger partial charge in [-0.3, -0.25) is 0 Å². The molecule has 13 heavy (non-hydrogen) atoms. The average Bonchev–Trinajstić information content (AvgIpc) is 2.46. The summed E-state index contributed by atoms with van der Waals surface area (Å²) in [5.74, 6) is 0.931. The number of aromatic nitrogens is 1. The zero-order chi connectivity index (χ0) is 9.84. The van der Waals surface area contributed by atoms with Gasteiger partial charge in [-0.15, -0.1) is 0 Å². The van der Waals surface area contributed by atoms with E-state index in [1.54, 1.807) is 6.92 Å². The standard InChI is InChI=1S/C8H12N2O3/c1-4-6-5(2)13-10-7(6)12-8(11)9-3/h4H2,1-3H3,(H,9,11). The second-order valence-corrected chi connectivity index (χ2v) is 2.52. The SMILES string of the molecule is CCc1c(OC(=O)NC)noc1C. The van der Waals surface area contributed by atoms with Crippen LogP contribution in [-0.4, -0.2) is 18.3 Å². The Morgan fingerprint density at radius 1 is 1.69 bits per heavy atom. The lowest BCUT2D eigenvalue weighted by Crippen LogP contribution is -2.22. The summed E-state index contributed by atoms with van der Waals surface area (Å²) in [4.78, 5) is 10.8. The van der Waals surface area contributed by atoms with Crippen molar-refractivity contribution in [1.82, 2.24) is 10.5 Å². The molecule has 0 fully saturated rings. The molecule has 1 N–H and O–H groups in total. The average molecular weight is 184 g/mol. The van der Waals surface area contributed by atoms with Gasteiger partial charge in [0.15, 0.2) is 0 Å². The first-order valence-electron chi connectivity index (χ1n) is 4.03. The smallest absolute Gasteiger partial charge is 0.388 e. The summed E-state index contributed by atoms with van der Waals surface area (Å²) in [6.45, 7) is 3.72.